The van der Waals surface area contributed by atoms with Crippen molar-refractivity contribution in [3.05, 3.63) is 35.4 Å². The van der Waals surface area contributed by atoms with E-state index in [0.29, 0.717) is 0 Å². The van der Waals surface area contributed by atoms with Crippen molar-refractivity contribution in [2.75, 3.05) is 6.54 Å². The van der Waals surface area contributed by atoms with Crippen molar-refractivity contribution in [2.45, 2.75) is 6.42 Å². The third-order valence-corrected chi connectivity index (χ3v) is 1.71. The predicted octanol–water partition coefficient (Wildman–Crippen LogP) is -1.46. The second-order valence-electron chi connectivity index (χ2n) is 2.40. The summed E-state index contributed by atoms with van der Waals surface area (Å²) in [6, 6.07) is 8.27. The second-order valence-corrected chi connectivity index (χ2v) is 2.40. The lowest BCUT2D eigenvalue weighted by Crippen LogP contribution is -3.00. The Bertz CT molecular complexity index is 268. The van der Waals surface area contributed by atoms with Crippen LogP contribution >= 0.6 is 0 Å². The molecular weight excluding hydrogens is 249 g/mol. The molecule has 0 radical (unpaired) electrons. The summed E-state index contributed by atoms with van der Waals surface area (Å²) in [7, 11) is 0. The molecule has 1 heterocycles. The van der Waals surface area contributed by atoms with Gasteiger partial charge in [0.2, 0.25) is 5.56 Å². The van der Waals surface area contributed by atoms with Gasteiger partial charge in [-0.1, -0.05) is 0 Å². The molecule has 0 spiro atoms. The van der Waals surface area contributed by atoms with Crippen molar-refractivity contribution >= 4 is 6.21 Å². The third kappa shape index (κ3) is 1.76. The lowest BCUT2D eigenvalue weighted by molar-refractivity contribution is -0.00000199. The van der Waals surface area contributed by atoms with Crippen LogP contribution in [0.2, 0.25) is 0 Å². The average molecular weight is 257 g/mol. The van der Waals surface area contributed by atoms with Gasteiger partial charge in [-0.3, -0.25) is 0 Å². The largest absolute Gasteiger partial charge is 1.00 e. The van der Waals surface area contributed by atoms with Gasteiger partial charge in [-0.25, -0.2) is 0 Å². The number of hydrogen-bond acceptors (Lipinski definition) is 1. The van der Waals surface area contributed by atoms with Crippen LogP contribution in [-0.2, 0) is 6.42 Å². The van der Waals surface area contributed by atoms with Crippen LogP contribution in [0.25, 0.3) is 0 Å². The molecule has 0 N–H and O–H groups in total. The average Bonchev–Trinajstić information content (AvgIpc) is 2.05. The van der Waals surface area contributed by atoms with E-state index >= 15 is 0 Å². The maximum absolute atomic E-state index is 4.07. The molecule has 1 aliphatic heterocycles. The van der Waals surface area contributed by atoms with E-state index < -0.39 is 0 Å². The Kier molecular flexibility index (Phi) is 2.97. The summed E-state index contributed by atoms with van der Waals surface area (Å²) in [5, 5.41) is 0. The summed E-state index contributed by atoms with van der Waals surface area (Å²) in [5.74, 6) is 0. The Morgan fingerprint density at radius 3 is 2.91 bits per heavy atom. The van der Waals surface area contributed by atoms with Gasteiger partial charge in [-0.15, -0.1) is 0 Å². The van der Waals surface area contributed by atoms with Crippen molar-refractivity contribution in [2.24, 2.45) is 4.99 Å². The Morgan fingerprint density at radius 2 is 2.09 bits per heavy atom. The molecular formula is C9H8IN. The highest BCUT2D eigenvalue weighted by molar-refractivity contribution is 5.82. The van der Waals surface area contributed by atoms with Gasteiger partial charge in [0.05, 0.1) is 18.2 Å². The van der Waals surface area contributed by atoms with Crippen LogP contribution in [0.3, 0.4) is 0 Å². The number of rotatable bonds is 0. The SMILES string of the molecule is [C+]1=NCCc2ccccc21.[I-]. The lowest BCUT2D eigenvalue weighted by atomic mass is 10.0. The van der Waals surface area contributed by atoms with Crippen LogP contribution in [0.4, 0.5) is 0 Å². The van der Waals surface area contributed by atoms with Crippen LogP contribution in [-0.4, -0.2) is 12.8 Å². The van der Waals surface area contributed by atoms with Gasteiger partial charge in [-0.05, 0) is 12.1 Å². The topological polar surface area (TPSA) is 12.4 Å². The monoisotopic (exact) mass is 257 g/mol. The molecule has 0 amide bonds. The Balaban J connectivity index is 0.000000605. The van der Waals surface area contributed by atoms with Gasteiger partial charge in [-0.2, -0.15) is 4.99 Å². The second kappa shape index (κ2) is 3.79. The van der Waals surface area contributed by atoms with Gasteiger partial charge in [0.15, 0.2) is 6.21 Å². The standard InChI is InChI=1S/C9H8N.HI/c1-2-4-9-7-10-6-5-8(9)3-1;/h1-4H,5-6H2;1H/q+1;/p-1. The summed E-state index contributed by atoms with van der Waals surface area (Å²) in [5.41, 5.74) is 2.53. The zero-order valence-electron chi connectivity index (χ0n) is 6.05. The molecule has 2 heteroatoms. The summed E-state index contributed by atoms with van der Waals surface area (Å²) in [6.45, 7) is 0.900. The fraction of sp³-hybridized carbons (Fsp3) is 0.222. The van der Waals surface area contributed by atoms with E-state index in [0.717, 1.165) is 18.5 Å². The number of nitrogens with zero attached hydrogens (tertiary/aromatic N) is 1. The number of aliphatic imine (C=N–C) groups is 1. The molecule has 0 unspecified atom stereocenters. The minimum Gasteiger partial charge on any atom is -1.00 e. The first-order valence-electron chi connectivity index (χ1n) is 3.47. The Hall–Kier alpha value is -0.470. The fourth-order valence-electron chi connectivity index (χ4n) is 1.16. The van der Waals surface area contributed by atoms with Gasteiger partial charge in [0, 0.05) is 12.5 Å². The first-order chi connectivity index (χ1) is 4.97. The van der Waals surface area contributed by atoms with Crippen molar-refractivity contribution in [3.8, 4) is 0 Å². The van der Waals surface area contributed by atoms with E-state index in [9.17, 15) is 0 Å². The van der Waals surface area contributed by atoms with Crippen LogP contribution in [0.1, 0.15) is 11.1 Å². The van der Waals surface area contributed by atoms with Crippen LogP contribution in [0.15, 0.2) is 29.3 Å². The summed E-state index contributed by atoms with van der Waals surface area (Å²) < 4.78 is 0. The van der Waals surface area contributed by atoms with E-state index in [2.05, 4.69) is 29.4 Å². The molecule has 0 fully saturated rings. The molecule has 0 saturated heterocycles. The highest BCUT2D eigenvalue weighted by atomic mass is 127. The third-order valence-electron chi connectivity index (χ3n) is 1.71. The van der Waals surface area contributed by atoms with E-state index in [1.54, 1.807) is 0 Å². The van der Waals surface area contributed by atoms with Crippen LogP contribution in [0.5, 0.6) is 0 Å². The van der Waals surface area contributed by atoms with E-state index in [4.69, 9.17) is 0 Å². The van der Waals surface area contributed by atoms with Crippen LogP contribution in [0, 0.1) is 0 Å². The van der Waals surface area contributed by atoms with Crippen molar-refractivity contribution in [3.63, 3.8) is 0 Å². The summed E-state index contributed by atoms with van der Waals surface area (Å²) in [4.78, 5) is 4.07. The molecule has 56 valence electrons. The molecule has 0 aliphatic carbocycles. The quantitative estimate of drug-likeness (QED) is 0.398. The number of benzene rings is 1. The molecule has 2 rings (SSSR count). The zero-order valence-corrected chi connectivity index (χ0v) is 8.21. The van der Waals surface area contributed by atoms with E-state index in [1.165, 1.54) is 5.56 Å². The van der Waals surface area contributed by atoms with Crippen LogP contribution < -0.4 is 24.0 Å². The first kappa shape index (κ1) is 8.62. The normalized spacial score (nSPS) is 12.7. The number of halogens is 1. The van der Waals surface area contributed by atoms with Crippen molar-refractivity contribution in [1.29, 1.82) is 0 Å². The molecule has 0 bridgehead atoms. The zero-order chi connectivity index (χ0) is 6.81. The molecule has 1 aromatic rings. The van der Waals surface area contributed by atoms with Gasteiger partial charge >= 0.3 is 0 Å². The Labute approximate surface area is 83.6 Å². The minimum atomic E-state index is 0. The molecule has 11 heavy (non-hydrogen) atoms. The minimum absolute atomic E-state index is 0. The molecule has 0 atom stereocenters. The molecule has 1 aromatic carbocycles. The highest BCUT2D eigenvalue weighted by Crippen LogP contribution is 2.10. The maximum atomic E-state index is 4.07. The first-order valence-corrected chi connectivity index (χ1v) is 3.47. The lowest BCUT2D eigenvalue weighted by Gasteiger charge is -1.96. The number of fused-ring (bicyclic) bond motifs is 1. The molecule has 0 saturated carbocycles. The van der Waals surface area contributed by atoms with Gasteiger partial charge in [0.1, 0.15) is 0 Å². The predicted molar refractivity (Wildman–Crippen MR) is 41.6 cm³/mol. The maximum Gasteiger partial charge on any atom is 0.212 e. The molecule has 1 aliphatic rings. The van der Waals surface area contributed by atoms with E-state index in [1.807, 2.05) is 6.07 Å². The summed E-state index contributed by atoms with van der Waals surface area (Å²) >= 11 is 0. The van der Waals surface area contributed by atoms with Crippen molar-refractivity contribution in [1.82, 2.24) is 0 Å². The van der Waals surface area contributed by atoms with Crippen molar-refractivity contribution < 1.29 is 24.0 Å². The molecule has 0 aromatic heterocycles. The summed E-state index contributed by atoms with van der Waals surface area (Å²) in [6.07, 6.45) is 4.06. The fourth-order valence-corrected chi connectivity index (χ4v) is 1.16. The molecule has 1 nitrogen and oxygen atoms in total. The van der Waals surface area contributed by atoms with Gasteiger partial charge in [0.25, 0.3) is 0 Å². The highest BCUT2D eigenvalue weighted by Gasteiger charge is 2.12. The smallest absolute Gasteiger partial charge is 0.212 e. The van der Waals surface area contributed by atoms with E-state index in [-0.39, 0.29) is 24.0 Å². The number of hydrogen-bond donors (Lipinski definition) is 0. The Morgan fingerprint density at radius 1 is 1.27 bits per heavy atom. The van der Waals surface area contributed by atoms with Gasteiger partial charge < -0.3 is 24.0 Å².